The molecule has 2 amide bonds. The molecule has 3 heterocycles. The number of rotatable bonds is 12. The number of aliphatic imine (C=N–C) groups is 1. The number of hydrogen-bond donors (Lipinski definition) is 5. The predicted octanol–water partition coefficient (Wildman–Crippen LogP) is 4.23. The first-order chi connectivity index (χ1) is 21.4. The minimum Gasteiger partial charge on any atom is -0.365 e. The van der Waals surface area contributed by atoms with Crippen LogP contribution in [0.25, 0.3) is 5.65 Å². The molecule has 0 spiro atoms. The lowest BCUT2D eigenvalue weighted by molar-refractivity contribution is 0.0942. The molecule has 0 bridgehead atoms. The minimum atomic E-state index is -0.444. The maximum absolute atomic E-state index is 13.5. The summed E-state index contributed by atoms with van der Waals surface area (Å²) >= 11 is 3.10. The van der Waals surface area contributed by atoms with Gasteiger partial charge in [-0.3, -0.25) is 20.3 Å². The van der Waals surface area contributed by atoms with E-state index >= 15 is 0 Å². The molecule has 5 rings (SSSR count). The molecule has 2 aromatic carbocycles. The highest BCUT2D eigenvalue weighted by molar-refractivity contribution is 9.10. The molecule has 3 aromatic heterocycles. The molecular weight excluding hydrogens is 637 g/mol. The van der Waals surface area contributed by atoms with Crippen molar-refractivity contribution in [3.63, 3.8) is 0 Å². The van der Waals surface area contributed by atoms with Crippen molar-refractivity contribution in [2.45, 2.75) is 19.4 Å². The van der Waals surface area contributed by atoms with E-state index in [9.17, 15) is 19.2 Å². The quantitative estimate of drug-likeness (QED) is 0.0567. The summed E-state index contributed by atoms with van der Waals surface area (Å²) in [7, 11) is 0. The van der Waals surface area contributed by atoms with Crippen LogP contribution < -0.4 is 21.4 Å². The summed E-state index contributed by atoms with van der Waals surface area (Å²) in [5.41, 5.74) is 5.13. The van der Waals surface area contributed by atoms with Crippen LogP contribution in [0, 0.1) is 5.82 Å². The second-order valence-corrected chi connectivity index (χ2v) is 10.4. The monoisotopic (exact) mass is 663 g/mol. The third kappa shape index (κ3) is 7.62. The van der Waals surface area contributed by atoms with Crippen LogP contribution in [-0.2, 0) is 6.54 Å². The van der Waals surface area contributed by atoms with Crippen molar-refractivity contribution in [2.75, 3.05) is 18.4 Å². The normalized spacial score (nSPS) is 11.4. The zero-order chi connectivity index (χ0) is 30.9. The Morgan fingerprint density at radius 1 is 0.977 bits per heavy atom. The molecule has 0 saturated carbocycles. The lowest BCUT2D eigenvalue weighted by atomic mass is 10.1. The highest BCUT2D eigenvalue weighted by Gasteiger charge is 2.17. The van der Waals surface area contributed by atoms with Crippen LogP contribution >= 0.6 is 15.9 Å². The Morgan fingerprint density at radius 2 is 1.75 bits per heavy atom. The topological polar surface area (TPSA) is 171 Å². The molecule has 0 atom stereocenters. The van der Waals surface area contributed by atoms with Gasteiger partial charge in [0.25, 0.3) is 11.8 Å². The number of imidazole rings is 1. The fraction of sp³-hybridized carbons (Fsp3) is 0.172. The minimum absolute atomic E-state index is 0.0413. The molecule has 0 aliphatic heterocycles. The maximum Gasteiger partial charge on any atom is 0.253 e. The zero-order valence-electron chi connectivity index (χ0n) is 23.1. The summed E-state index contributed by atoms with van der Waals surface area (Å²) < 4.78 is 20.3. The molecule has 5 aromatic rings. The average Bonchev–Trinajstić information content (AvgIpc) is 3.71. The SMILES string of the molecule is O=C(NCCCCNc1nonc1C(=Nc1ccc(F)c(Br)c1)NO)c1ccc(CNC(=O)c2ccc3nccn3c2)cc1. The van der Waals surface area contributed by atoms with Gasteiger partial charge in [-0.2, -0.15) is 0 Å². The number of unbranched alkanes of at least 4 members (excludes halogenated alkanes) is 1. The van der Waals surface area contributed by atoms with Crippen molar-refractivity contribution < 1.29 is 23.8 Å². The Bertz CT molecular complexity index is 1790. The summed E-state index contributed by atoms with van der Waals surface area (Å²) in [5.74, 6) is -0.634. The maximum atomic E-state index is 13.5. The predicted molar refractivity (Wildman–Crippen MR) is 162 cm³/mol. The number of benzene rings is 2. The Labute approximate surface area is 258 Å². The van der Waals surface area contributed by atoms with E-state index in [0.29, 0.717) is 49.3 Å². The van der Waals surface area contributed by atoms with E-state index in [2.05, 4.69) is 52.2 Å². The largest absolute Gasteiger partial charge is 0.365 e. The molecule has 0 unspecified atom stereocenters. The number of hydroxylamine groups is 1. The molecule has 0 aliphatic carbocycles. The number of nitrogens with zero attached hydrogens (tertiary/aromatic N) is 5. The van der Waals surface area contributed by atoms with Gasteiger partial charge in [-0.1, -0.05) is 12.1 Å². The van der Waals surface area contributed by atoms with E-state index in [0.717, 1.165) is 11.2 Å². The van der Waals surface area contributed by atoms with E-state index in [1.54, 1.807) is 59.4 Å². The summed E-state index contributed by atoms with van der Waals surface area (Å²) in [4.78, 5) is 33.5. The van der Waals surface area contributed by atoms with E-state index in [4.69, 9.17) is 4.63 Å². The van der Waals surface area contributed by atoms with Gasteiger partial charge in [0, 0.05) is 43.8 Å². The molecule has 44 heavy (non-hydrogen) atoms. The number of nitrogens with one attached hydrogen (secondary N) is 4. The lowest BCUT2D eigenvalue weighted by Gasteiger charge is -2.09. The average molecular weight is 664 g/mol. The Hall–Kier alpha value is -5.15. The molecule has 0 radical (unpaired) electrons. The van der Waals surface area contributed by atoms with Crippen molar-refractivity contribution in [3.05, 3.63) is 106 Å². The number of pyridine rings is 1. The van der Waals surface area contributed by atoms with Crippen LogP contribution in [0.5, 0.6) is 0 Å². The summed E-state index contributed by atoms with van der Waals surface area (Å²) in [6, 6.07) is 14.7. The fourth-order valence-electron chi connectivity index (χ4n) is 4.15. The Morgan fingerprint density at radius 3 is 2.55 bits per heavy atom. The van der Waals surface area contributed by atoms with Gasteiger partial charge in [-0.05, 0) is 87.1 Å². The van der Waals surface area contributed by atoms with E-state index < -0.39 is 5.82 Å². The van der Waals surface area contributed by atoms with Crippen LogP contribution in [0.15, 0.2) is 87.3 Å². The van der Waals surface area contributed by atoms with Crippen molar-refractivity contribution in [2.24, 2.45) is 4.99 Å². The van der Waals surface area contributed by atoms with Gasteiger partial charge in [-0.25, -0.2) is 19.0 Å². The Kier molecular flexibility index (Phi) is 9.89. The number of aromatic nitrogens is 4. The van der Waals surface area contributed by atoms with E-state index in [1.165, 1.54) is 18.2 Å². The van der Waals surface area contributed by atoms with Crippen molar-refractivity contribution >= 4 is 50.7 Å². The number of amides is 2. The molecule has 0 fully saturated rings. The van der Waals surface area contributed by atoms with Gasteiger partial charge in [0.05, 0.1) is 15.7 Å². The first-order valence-corrected chi connectivity index (χ1v) is 14.3. The number of carbonyl (C=O) groups is 2. The van der Waals surface area contributed by atoms with Crippen LogP contribution in [0.3, 0.4) is 0 Å². The van der Waals surface area contributed by atoms with Crippen molar-refractivity contribution in [3.8, 4) is 0 Å². The van der Waals surface area contributed by atoms with Gasteiger partial charge < -0.3 is 20.4 Å². The molecular formula is C29H27BrFN9O4. The fourth-order valence-corrected chi connectivity index (χ4v) is 4.51. The lowest BCUT2D eigenvalue weighted by Crippen LogP contribution is -2.25. The second kappa shape index (κ2) is 14.3. The molecule has 5 N–H and O–H groups in total. The zero-order valence-corrected chi connectivity index (χ0v) is 24.7. The van der Waals surface area contributed by atoms with Crippen LogP contribution in [0.1, 0.15) is 44.8 Å². The third-order valence-electron chi connectivity index (χ3n) is 6.46. The van der Waals surface area contributed by atoms with Crippen molar-refractivity contribution in [1.29, 1.82) is 0 Å². The molecule has 0 aliphatic rings. The van der Waals surface area contributed by atoms with Crippen LogP contribution in [-0.4, -0.2) is 55.6 Å². The number of anilines is 1. The van der Waals surface area contributed by atoms with Crippen molar-refractivity contribution in [1.82, 2.24) is 35.8 Å². The van der Waals surface area contributed by atoms with Gasteiger partial charge in [0.15, 0.2) is 11.5 Å². The smallest absolute Gasteiger partial charge is 0.253 e. The number of fused-ring (bicyclic) bond motifs is 1. The molecule has 13 nitrogen and oxygen atoms in total. The molecule has 15 heteroatoms. The summed E-state index contributed by atoms with van der Waals surface area (Å²) in [6.45, 7) is 1.26. The van der Waals surface area contributed by atoms with E-state index in [1.807, 2.05) is 5.48 Å². The number of halogens is 2. The first kappa shape index (κ1) is 30.3. The van der Waals surface area contributed by atoms with Gasteiger partial charge in [0.2, 0.25) is 5.82 Å². The number of hydrogen-bond acceptors (Lipinski definition) is 9. The van der Waals surface area contributed by atoms with Gasteiger partial charge >= 0.3 is 0 Å². The third-order valence-corrected chi connectivity index (χ3v) is 7.07. The Balaban J connectivity index is 1.03. The van der Waals surface area contributed by atoms with Gasteiger partial charge in [0.1, 0.15) is 11.5 Å². The highest BCUT2D eigenvalue weighted by atomic mass is 79.9. The van der Waals surface area contributed by atoms with Crippen LogP contribution in [0.2, 0.25) is 0 Å². The molecule has 0 saturated heterocycles. The number of amidine groups is 1. The second-order valence-electron chi connectivity index (χ2n) is 9.51. The molecule has 226 valence electrons. The standard InChI is InChI=1S/C29H27BrFN9O4/c30-22-15-21(8-9-23(22)31)36-27(37-43)25-26(39-44-38-25)33-11-1-2-12-34-28(41)19-5-3-18(4-6-19)16-35-29(42)20-7-10-24-32-13-14-40(24)17-20/h3-10,13-15,17,43H,1-2,11-12,16H2,(H,33,39)(H,34,41)(H,35,42)(H,36,37). The summed E-state index contributed by atoms with van der Waals surface area (Å²) in [5, 5.41) is 26.0. The number of carbonyl (C=O) groups excluding carboxylic acids is 2. The van der Waals surface area contributed by atoms with Crippen LogP contribution in [0.4, 0.5) is 15.9 Å². The van der Waals surface area contributed by atoms with E-state index in [-0.39, 0.29) is 33.6 Å². The van der Waals surface area contributed by atoms with Gasteiger partial charge in [-0.15, -0.1) is 0 Å². The highest BCUT2D eigenvalue weighted by Crippen LogP contribution is 2.23. The summed E-state index contributed by atoms with van der Waals surface area (Å²) in [6.07, 6.45) is 6.53. The first-order valence-electron chi connectivity index (χ1n) is 13.5.